The summed E-state index contributed by atoms with van der Waals surface area (Å²) < 4.78 is 26.7. The van der Waals surface area contributed by atoms with Crippen molar-refractivity contribution in [2.75, 3.05) is 17.6 Å². The molecular weight excluding hydrogens is 234 g/mol. The van der Waals surface area contributed by atoms with Crippen LogP contribution in [0.3, 0.4) is 0 Å². The lowest BCUT2D eigenvalue weighted by molar-refractivity contribution is 0.304. The van der Waals surface area contributed by atoms with Gasteiger partial charge < -0.3 is 11.1 Å². The maximum atomic E-state index is 13.6. The molecule has 0 unspecified atom stereocenters. The van der Waals surface area contributed by atoms with Gasteiger partial charge in [-0.15, -0.1) is 0 Å². The summed E-state index contributed by atoms with van der Waals surface area (Å²) in [5, 5.41) is 2.94. The molecule has 4 heteroatoms. The van der Waals surface area contributed by atoms with Gasteiger partial charge in [0, 0.05) is 6.54 Å². The standard InChI is InChI=1S/C14H22F2N2/c1-8(2)10(9(3)4)7-18-14-12(17)6-5-11(15)13(14)16/h5-6,8-10,18H,7,17H2,1-4H3. The van der Waals surface area contributed by atoms with Crippen LogP contribution in [0.25, 0.3) is 0 Å². The van der Waals surface area contributed by atoms with E-state index >= 15 is 0 Å². The molecule has 0 atom stereocenters. The van der Waals surface area contributed by atoms with Crippen LogP contribution >= 0.6 is 0 Å². The lowest BCUT2D eigenvalue weighted by Crippen LogP contribution is -2.25. The van der Waals surface area contributed by atoms with E-state index in [0.717, 1.165) is 6.07 Å². The van der Waals surface area contributed by atoms with E-state index in [1.54, 1.807) is 0 Å². The SMILES string of the molecule is CC(C)C(CNc1c(N)ccc(F)c1F)C(C)C. The van der Waals surface area contributed by atoms with Crippen molar-refractivity contribution >= 4 is 11.4 Å². The Balaban J connectivity index is 2.83. The zero-order chi connectivity index (χ0) is 13.9. The average molecular weight is 256 g/mol. The van der Waals surface area contributed by atoms with Crippen molar-refractivity contribution in [3.63, 3.8) is 0 Å². The monoisotopic (exact) mass is 256 g/mol. The van der Waals surface area contributed by atoms with E-state index in [-0.39, 0.29) is 11.4 Å². The van der Waals surface area contributed by atoms with Crippen LogP contribution in [-0.4, -0.2) is 6.54 Å². The van der Waals surface area contributed by atoms with E-state index in [4.69, 9.17) is 5.73 Å². The highest BCUT2D eigenvalue weighted by Crippen LogP contribution is 2.27. The normalized spacial score (nSPS) is 11.6. The minimum Gasteiger partial charge on any atom is -0.397 e. The van der Waals surface area contributed by atoms with E-state index in [9.17, 15) is 8.78 Å². The Morgan fingerprint density at radius 3 is 2.17 bits per heavy atom. The molecule has 0 aliphatic heterocycles. The Morgan fingerprint density at radius 1 is 1.11 bits per heavy atom. The molecule has 0 heterocycles. The topological polar surface area (TPSA) is 38.0 Å². The van der Waals surface area contributed by atoms with Crippen LogP contribution in [-0.2, 0) is 0 Å². The van der Waals surface area contributed by atoms with Gasteiger partial charge in [-0.25, -0.2) is 8.78 Å². The summed E-state index contributed by atoms with van der Waals surface area (Å²) in [4.78, 5) is 0. The molecule has 1 rings (SSSR count). The van der Waals surface area contributed by atoms with Crippen molar-refractivity contribution < 1.29 is 8.78 Å². The predicted molar refractivity (Wildman–Crippen MR) is 72.4 cm³/mol. The number of hydrogen-bond acceptors (Lipinski definition) is 2. The van der Waals surface area contributed by atoms with Crippen molar-refractivity contribution in [2.24, 2.45) is 17.8 Å². The van der Waals surface area contributed by atoms with E-state index < -0.39 is 11.6 Å². The third-order valence-corrected chi connectivity index (χ3v) is 3.35. The van der Waals surface area contributed by atoms with Crippen molar-refractivity contribution in [3.8, 4) is 0 Å². The average Bonchev–Trinajstić information content (AvgIpc) is 2.27. The Labute approximate surface area is 108 Å². The number of hydrogen-bond donors (Lipinski definition) is 2. The first-order chi connectivity index (χ1) is 8.34. The summed E-state index contributed by atoms with van der Waals surface area (Å²) in [6.45, 7) is 9.07. The summed E-state index contributed by atoms with van der Waals surface area (Å²) in [6, 6.07) is 2.42. The molecule has 0 aliphatic carbocycles. The largest absolute Gasteiger partial charge is 0.397 e. The molecule has 0 fully saturated rings. The number of benzene rings is 1. The molecule has 2 nitrogen and oxygen atoms in total. The van der Waals surface area contributed by atoms with Crippen LogP contribution < -0.4 is 11.1 Å². The first-order valence-corrected chi connectivity index (χ1v) is 6.32. The molecule has 1 aromatic carbocycles. The number of rotatable bonds is 5. The van der Waals surface area contributed by atoms with Gasteiger partial charge in [-0.05, 0) is 29.9 Å². The second-order valence-electron chi connectivity index (χ2n) is 5.36. The van der Waals surface area contributed by atoms with E-state index in [2.05, 4.69) is 33.0 Å². The molecule has 0 radical (unpaired) electrons. The Bertz CT molecular complexity index is 395. The number of nitrogens with one attached hydrogen (secondary N) is 1. The zero-order valence-corrected chi connectivity index (χ0v) is 11.4. The maximum absolute atomic E-state index is 13.6. The number of halogens is 2. The minimum absolute atomic E-state index is 0.0706. The highest BCUT2D eigenvalue weighted by Gasteiger charge is 2.19. The minimum atomic E-state index is -0.902. The summed E-state index contributed by atoms with van der Waals surface area (Å²) in [7, 11) is 0. The quantitative estimate of drug-likeness (QED) is 0.784. The Morgan fingerprint density at radius 2 is 1.67 bits per heavy atom. The highest BCUT2D eigenvalue weighted by molar-refractivity contribution is 5.66. The molecule has 0 bridgehead atoms. The van der Waals surface area contributed by atoms with Gasteiger partial charge in [0.15, 0.2) is 11.6 Å². The summed E-state index contributed by atoms with van der Waals surface area (Å²) in [5.41, 5.74) is 5.97. The number of anilines is 2. The first kappa shape index (κ1) is 14.7. The van der Waals surface area contributed by atoms with Gasteiger partial charge in [0.1, 0.15) is 0 Å². The van der Waals surface area contributed by atoms with Crippen molar-refractivity contribution in [1.82, 2.24) is 0 Å². The zero-order valence-electron chi connectivity index (χ0n) is 11.4. The molecule has 0 spiro atoms. The van der Waals surface area contributed by atoms with Crippen molar-refractivity contribution in [2.45, 2.75) is 27.7 Å². The molecule has 102 valence electrons. The fourth-order valence-corrected chi connectivity index (χ4v) is 2.21. The van der Waals surface area contributed by atoms with Crippen LogP contribution in [0, 0.1) is 29.4 Å². The Hall–Kier alpha value is -1.32. The molecule has 18 heavy (non-hydrogen) atoms. The third kappa shape index (κ3) is 3.34. The third-order valence-electron chi connectivity index (χ3n) is 3.35. The summed E-state index contributed by atoms with van der Waals surface area (Å²) in [6.07, 6.45) is 0. The maximum Gasteiger partial charge on any atom is 0.183 e. The van der Waals surface area contributed by atoms with Gasteiger partial charge in [0.2, 0.25) is 0 Å². The Kier molecular flexibility index (Phi) is 4.93. The van der Waals surface area contributed by atoms with E-state index in [1.165, 1.54) is 6.07 Å². The number of nitrogen functional groups attached to an aromatic ring is 1. The van der Waals surface area contributed by atoms with Gasteiger partial charge in [-0.1, -0.05) is 27.7 Å². The second kappa shape index (κ2) is 6.03. The highest BCUT2D eigenvalue weighted by atomic mass is 19.2. The molecule has 3 N–H and O–H groups in total. The fourth-order valence-electron chi connectivity index (χ4n) is 2.21. The molecule has 0 aliphatic rings. The molecular formula is C14H22F2N2. The van der Waals surface area contributed by atoms with Crippen LogP contribution in [0.4, 0.5) is 20.2 Å². The lowest BCUT2D eigenvalue weighted by atomic mass is 9.85. The van der Waals surface area contributed by atoms with Gasteiger partial charge in [0.25, 0.3) is 0 Å². The smallest absolute Gasteiger partial charge is 0.183 e. The van der Waals surface area contributed by atoms with E-state index in [0.29, 0.717) is 24.3 Å². The van der Waals surface area contributed by atoms with Crippen molar-refractivity contribution in [1.29, 1.82) is 0 Å². The van der Waals surface area contributed by atoms with Crippen LogP contribution in [0.2, 0.25) is 0 Å². The predicted octanol–water partition coefficient (Wildman–Crippen LogP) is 3.89. The molecule has 0 aromatic heterocycles. The summed E-state index contributed by atoms with van der Waals surface area (Å²) >= 11 is 0. The van der Waals surface area contributed by atoms with Gasteiger partial charge in [0.05, 0.1) is 11.4 Å². The van der Waals surface area contributed by atoms with Crippen LogP contribution in [0.5, 0.6) is 0 Å². The lowest BCUT2D eigenvalue weighted by Gasteiger charge is -2.26. The van der Waals surface area contributed by atoms with Crippen LogP contribution in [0.1, 0.15) is 27.7 Å². The second-order valence-corrected chi connectivity index (χ2v) is 5.36. The van der Waals surface area contributed by atoms with Gasteiger partial charge in [-0.3, -0.25) is 0 Å². The fraction of sp³-hybridized carbons (Fsp3) is 0.571. The van der Waals surface area contributed by atoms with Gasteiger partial charge in [-0.2, -0.15) is 0 Å². The van der Waals surface area contributed by atoms with Crippen LogP contribution in [0.15, 0.2) is 12.1 Å². The first-order valence-electron chi connectivity index (χ1n) is 6.32. The molecule has 0 amide bonds. The number of nitrogens with two attached hydrogens (primary N) is 1. The van der Waals surface area contributed by atoms with Gasteiger partial charge >= 0.3 is 0 Å². The summed E-state index contributed by atoms with van der Waals surface area (Å²) in [5.74, 6) is -0.462. The van der Waals surface area contributed by atoms with Crippen molar-refractivity contribution in [3.05, 3.63) is 23.8 Å². The molecule has 0 saturated heterocycles. The van der Waals surface area contributed by atoms with E-state index in [1.807, 2.05) is 0 Å². The molecule has 1 aromatic rings. The molecule has 0 saturated carbocycles.